The molecule has 2 fully saturated rings. The van der Waals surface area contributed by atoms with E-state index in [0.717, 1.165) is 19.8 Å². The van der Waals surface area contributed by atoms with Gasteiger partial charge in [-0.2, -0.15) is 0 Å². The lowest BCUT2D eigenvalue weighted by Gasteiger charge is -1.88. The monoisotopic (exact) mass is 157 g/mol. The second-order valence-corrected chi connectivity index (χ2v) is 2.66. The summed E-state index contributed by atoms with van der Waals surface area (Å²) in [5, 5.41) is 3.07. The Balaban J connectivity index is 0.000000128. The van der Waals surface area contributed by atoms with Gasteiger partial charge in [-0.25, -0.2) is 0 Å². The lowest BCUT2D eigenvalue weighted by atomic mass is 10.6. The average molecular weight is 157 g/mol. The first-order valence-electron chi connectivity index (χ1n) is 3.90. The number of ether oxygens (including phenoxy) is 2. The fourth-order valence-corrected chi connectivity index (χ4v) is 0.477. The molecule has 64 valence electrons. The summed E-state index contributed by atoms with van der Waals surface area (Å²) in [7, 11) is 0. The number of hydrogen-bond acceptors (Lipinski definition) is 3. The van der Waals surface area contributed by atoms with E-state index in [1.165, 1.54) is 0 Å². The molecule has 3 heteroatoms. The number of nitrogens with one attached hydrogen (secondary N) is 1. The number of epoxide rings is 2. The van der Waals surface area contributed by atoms with E-state index in [-0.39, 0.29) is 0 Å². The highest BCUT2D eigenvalue weighted by molar-refractivity contribution is 4.74. The number of rotatable bonds is 3. The van der Waals surface area contributed by atoms with Crippen molar-refractivity contribution in [3.05, 3.63) is 12.7 Å². The van der Waals surface area contributed by atoms with Crippen LogP contribution in [0.3, 0.4) is 0 Å². The van der Waals surface area contributed by atoms with Crippen LogP contribution in [0.15, 0.2) is 12.7 Å². The van der Waals surface area contributed by atoms with Gasteiger partial charge in [-0.3, -0.25) is 5.32 Å². The molecule has 0 amide bonds. The first kappa shape index (κ1) is 8.71. The second kappa shape index (κ2) is 4.49. The van der Waals surface area contributed by atoms with Crippen LogP contribution in [0.1, 0.15) is 6.92 Å². The lowest BCUT2D eigenvalue weighted by molar-refractivity contribution is 0.377. The van der Waals surface area contributed by atoms with Crippen LogP contribution in [-0.4, -0.2) is 32.1 Å². The highest BCUT2D eigenvalue weighted by Gasteiger charge is 2.19. The van der Waals surface area contributed by atoms with Gasteiger partial charge >= 0.3 is 0 Å². The molecule has 0 aromatic carbocycles. The molecule has 2 aliphatic heterocycles. The zero-order valence-electron chi connectivity index (χ0n) is 6.88. The molecule has 2 atom stereocenters. The van der Waals surface area contributed by atoms with E-state index >= 15 is 0 Å². The minimum Gasteiger partial charge on any atom is -0.373 e. The third kappa shape index (κ3) is 6.04. The van der Waals surface area contributed by atoms with Gasteiger partial charge in [-0.15, -0.1) is 6.58 Å². The Labute approximate surface area is 67.4 Å². The van der Waals surface area contributed by atoms with Crippen LogP contribution in [0, 0.1) is 0 Å². The van der Waals surface area contributed by atoms with Gasteiger partial charge in [-0.1, -0.05) is 6.08 Å². The van der Waals surface area contributed by atoms with Crippen molar-refractivity contribution in [1.82, 2.24) is 5.32 Å². The second-order valence-electron chi connectivity index (χ2n) is 2.66. The van der Waals surface area contributed by atoms with Crippen molar-refractivity contribution in [1.29, 1.82) is 0 Å². The molecular formula is C8H15NO2. The molecule has 1 N–H and O–H groups in total. The van der Waals surface area contributed by atoms with Crippen LogP contribution in [-0.2, 0) is 9.47 Å². The van der Waals surface area contributed by atoms with E-state index < -0.39 is 0 Å². The molecule has 0 radical (unpaired) electrons. The molecule has 0 spiro atoms. The van der Waals surface area contributed by atoms with Crippen molar-refractivity contribution >= 4 is 0 Å². The zero-order chi connectivity index (χ0) is 8.10. The third-order valence-electron chi connectivity index (χ3n) is 1.32. The van der Waals surface area contributed by atoms with Crippen molar-refractivity contribution in [3.8, 4) is 0 Å². The van der Waals surface area contributed by atoms with Crippen LogP contribution < -0.4 is 5.32 Å². The van der Waals surface area contributed by atoms with Crippen molar-refractivity contribution in [2.24, 2.45) is 0 Å². The van der Waals surface area contributed by atoms with Crippen molar-refractivity contribution < 1.29 is 9.47 Å². The van der Waals surface area contributed by atoms with Gasteiger partial charge in [0, 0.05) is 6.54 Å². The van der Waals surface area contributed by atoms with E-state index in [1.54, 1.807) is 0 Å². The molecule has 0 aliphatic carbocycles. The molecule has 2 unspecified atom stereocenters. The largest absolute Gasteiger partial charge is 0.373 e. The van der Waals surface area contributed by atoms with Gasteiger partial charge < -0.3 is 9.47 Å². The van der Waals surface area contributed by atoms with Crippen LogP contribution >= 0.6 is 0 Å². The molecule has 2 heterocycles. The first-order valence-corrected chi connectivity index (χ1v) is 3.90. The van der Waals surface area contributed by atoms with E-state index in [2.05, 4.69) is 18.8 Å². The topological polar surface area (TPSA) is 37.1 Å². The van der Waals surface area contributed by atoms with Gasteiger partial charge in [0.1, 0.15) is 6.23 Å². The summed E-state index contributed by atoms with van der Waals surface area (Å²) in [5.74, 6) is 0. The normalized spacial score (nSPS) is 31.7. The maximum absolute atomic E-state index is 4.85. The predicted octanol–water partition coefficient (Wildman–Crippen LogP) is 0.523. The lowest BCUT2D eigenvalue weighted by Crippen LogP contribution is -2.16. The SMILES string of the molecule is C=CCNC1CO1.CC1CO1. The number of hydrogen-bond donors (Lipinski definition) is 1. The van der Waals surface area contributed by atoms with E-state index in [0.29, 0.717) is 12.3 Å². The fourth-order valence-electron chi connectivity index (χ4n) is 0.477. The Bertz CT molecular complexity index is 119. The summed E-state index contributed by atoms with van der Waals surface area (Å²) in [4.78, 5) is 0. The van der Waals surface area contributed by atoms with Crippen molar-refractivity contribution in [2.75, 3.05) is 19.8 Å². The van der Waals surface area contributed by atoms with E-state index in [4.69, 9.17) is 9.47 Å². The zero-order valence-corrected chi connectivity index (χ0v) is 6.88. The van der Waals surface area contributed by atoms with E-state index in [1.807, 2.05) is 6.08 Å². The summed E-state index contributed by atoms with van der Waals surface area (Å²) in [6.07, 6.45) is 2.74. The van der Waals surface area contributed by atoms with E-state index in [9.17, 15) is 0 Å². The molecule has 0 bridgehead atoms. The minimum absolute atomic E-state index is 0.331. The molecule has 0 aromatic rings. The van der Waals surface area contributed by atoms with Gasteiger partial charge in [0.25, 0.3) is 0 Å². The molecule has 2 aliphatic rings. The Morgan fingerprint density at radius 1 is 1.55 bits per heavy atom. The van der Waals surface area contributed by atoms with Gasteiger partial charge in [0.15, 0.2) is 0 Å². The molecular weight excluding hydrogens is 142 g/mol. The van der Waals surface area contributed by atoms with Crippen LogP contribution in [0.25, 0.3) is 0 Å². The van der Waals surface area contributed by atoms with Crippen LogP contribution in [0.4, 0.5) is 0 Å². The van der Waals surface area contributed by atoms with Crippen molar-refractivity contribution in [2.45, 2.75) is 19.3 Å². The maximum Gasteiger partial charge on any atom is 0.132 e. The highest BCUT2D eigenvalue weighted by Crippen LogP contribution is 2.04. The summed E-state index contributed by atoms with van der Waals surface area (Å²) in [6, 6.07) is 0. The molecule has 0 saturated carbocycles. The standard InChI is InChI=1S/C5H9NO.C3H6O/c1-2-3-6-5-4-7-5;1-3-2-4-3/h2,5-6H,1,3-4H2;3H,2H2,1H3. The molecule has 0 aromatic heterocycles. The van der Waals surface area contributed by atoms with Crippen LogP contribution in [0.5, 0.6) is 0 Å². The molecule has 3 nitrogen and oxygen atoms in total. The predicted molar refractivity (Wildman–Crippen MR) is 43.4 cm³/mol. The Kier molecular flexibility index (Phi) is 3.56. The quantitative estimate of drug-likeness (QED) is 0.479. The Morgan fingerprint density at radius 2 is 2.09 bits per heavy atom. The minimum atomic E-state index is 0.331. The van der Waals surface area contributed by atoms with Gasteiger partial charge in [0.2, 0.25) is 0 Å². The van der Waals surface area contributed by atoms with Crippen molar-refractivity contribution in [3.63, 3.8) is 0 Å². The first-order chi connectivity index (χ1) is 5.33. The smallest absolute Gasteiger partial charge is 0.132 e. The Morgan fingerprint density at radius 3 is 2.36 bits per heavy atom. The maximum atomic E-state index is 4.85. The summed E-state index contributed by atoms with van der Waals surface area (Å²) >= 11 is 0. The average Bonchev–Trinajstić information content (AvgIpc) is 2.81. The van der Waals surface area contributed by atoms with Gasteiger partial charge in [-0.05, 0) is 6.92 Å². The molecule has 2 rings (SSSR count). The molecule has 11 heavy (non-hydrogen) atoms. The highest BCUT2D eigenvalue weighted by atomic mass is 16.6. The third-order valence-corrected chi connectivity index (χ3v) is 1.32. The summed E-state index contributed by atoms with van der Waals surface area (Å²) in [6.45, 7) is 8.30. The summed E-state index contributed by atoms with van der Waals surface area (Å²) < 4.78 is 9.56. The Hall–Kier alpha value is -0.380. The van der Waals surface area contributed by atoms with Gasteiger partial charge in [0.05, 0.1) is 19.3 Å². The summed E-state index contributed by atoms with van der Waals surface area (Å²) in [5.41, 5.74) is 0. The molecule has 2 saturated heterocycles. The fraction of sp³-hybridized carbons (Fsp3) is 0.750. The van der Waals surface area contributed by atoms with Crippen LogP contribution in [0.2, 0.25) is 0 Å².